The summed E-state index contributed by atoms with van der Waals surface area (Å²) < 4.78 is 47.5. The monoisotopic (exact) mass is 510 g/mol. The number of halogens is 4. The van der Waals surface area contributed by atoms with Crippen molar-refractivity contribution in [1.82, 2.24) is 14.7 Å². The average molecular weight is 511 g/mol. The van der Waals surface area contributed by atoms with Crippen molar-refractivity contribution in [3.8, 4) is 10.8 Å². The summed E-state index contributed by atoms with van der Waals surface area (Å²) in [6, 6.07) is 13.3. The minimum absolute atomic E-state index is 0.249. The second kappa shape index (κ2) is 8.75. The molecule has 1 saturated heterocycles. The Morgan fingerprint density at radius 1 is 1.06 bits per heavy atom. The van der Waals surface area contributed by atoms with Gasteiger partial charge in [0, 0.05) is 42.0 Å². The van der Waals surface area contributed by atoms with E-state index >= 15 is 0 Å². The standard InChI is InChI=1S/C22H18ClF3N4OS2/c23-18-16-6-1-2-7-17(16)33-19(18)20-27-30(21(32)31-20)13-28-8-10-29(11-9-28)15-5-3-4-14(12-15)22(24,25)26/h1-7,12H,8-11,13H2. The van der Waals surface area contributed by atoms with Crippen LogP contribution in [0.1, 0.15) is 5.56 Å². The maximum absolute atomic E-state index is 13.0. The van der Waals surface area contributed by atoms with Crippen molar-refractivity contribution < 1.29 is 17.6 Å². The summed E-state index contributed by atoms with van der Waals surface area (Å²) in [5, 5.41) is 6.07. The molecule has 5 rings (SSSR count). The van der Waals surface area contributed by atoms with Gasteiger partial charge in [-0.1, -0.05) is 35.9 Å². The first-order chi connectivity index (χ1) is 15.8. The highest BCUT2D eigenvalue weighted by Crippen LogP contribution is 2.41. The van der Waals surface area contributed by atoms with E-state index in [1.54, 1.807) is 10.7 Å². The highest BCUT2D eigenvalue weighted by atomic mass is 35.5. The number of rotatable bonds is 4. The summed E-state index contributed by atoms with van der Waals surface area (Å²) in [6.45, 7) is 2.94. The molecule has 0 bridgehead atoms. The van der Waals surface area contributed by atoms with Crippen molar-refractivity contribution in [1.29, 1.82) is 0 Å². The smallest absolute Gasteiger partial charge is 0.408 e. The van der Waals surface area contributed by atoms with Crippen molar-refractivity contribution in [3.63, 3.8) is 0 Å². The zero-order chi connectivity index (χ0) is 23.2. The van der Waals surface area contributed by atoms with Gasteiger partial charge in [0.1, 0.15) is 4.88 Å². The molecule has 0 amide bonds. The van der Waals surface area contributed by atoms with Gasteiger partial charge in [-0.25, -0.2) is 4.68 Å². The first-order valence-electron chi connectivity index (χ1n) is 10.2. The molecule has 0 atom stereocenters. The summed E-state index contributed by atoms with van der Waals surface area (Å²) in [6.07, 6.45) is -4.35. The van der Waals surface area contributed by atoms with Crippen LogP contribution < -0.4 is 4.90 Å². The van der Waals surface area contributed by atoms with Gasteiger partial charge in [0.2, 0.25) is 0 Å². The Morgan fingerprint density at radius 2 is 1.82 bits per heavy atom. The van der Waals surface area contributed by atoms with Gasteiger partial charge in [0.05, 0.1) is 17.3 Å². The highest BCUT2D eigenvalue weighted by Gasteiger charge is 2.31. The zero-order valence-electron chi connectivity index (χ0n) is 17.2. The van der Waals surface area contributed by atoms with E-state index in [0.717, 1.165) is 21.0 Å². The molecule has 11 heteroatoms. The van der Waals surface area contributed by atoms with Gasteiger partial charge < -0.3 is 9.32 Å². The van der Waals surface area contributed by atoms with Gasteiger partial charge in [-0.3, -0.25) is 4.90 Å². The molecule has 172 valence electrons. The van der Waals surface area contributed by atoms with Gasteiger partial charge in [0.25, 0.3) is 10.7 Å². The lowest BCUT2D eigenvalue weighted by molar-refractivity contribution is -0.137. The predicted molar refractivity (Wildman–Crippen MR) is 126 cm³/mol. The Hall–Kier alpha value is -2.40. The molecule has 4 aromatic rings. The van der Waals surface area contributed by atoms with E-state index in [-0.39, 0.29) is 4.84 Å². The van der Waals surface area contributed by atoms with Crippen LogP contribution in [0.3, 0.4) is 0 Å². The van der Waals surface area contributed by atoms with Gasteiger partial charge in [-0.2, -0.15) is 13.2 Å². The Kier molecular flexibility index (Phi) is 5.94. The van der Waals surface area contributed by atoms with Crippen molar-refractivity contribution in [2.24, 2.45) is 0 Å². The molecule has 2 aromatic carbocycles. The first-order valence-corrected chi connectivity index (χ1v) is 11.8. The third-order valence-corrected chi connectivity index (χ3v) is 7.54. The van der Waals surface area contributed by atoms with Crippen LogP contribution >= 0.6 is 35.2 Å². The van der Waals surface area contributed by atoms with E-state index in [0.29, 0.717) is 49.4 Å². The first kappa shape index (κ1) is 22.4. The Labute approximate surface area is 201 Å². The molecular formula is C22H18ClF3N4OS2. The maximum atomic E-state index is 13.0. The fourth-order valence-electron chi connectivity index (χ4n) is 3.85. The molecule has 3 heterocycles. The Morgan fingerprint density at radius 3 is 2.55 bits per heavy atom. The van der Waals surface area contributed by atoms with Crippen molar-refractivity contribution in [2.45, 2.75) is 12.8 Å². The normalized spacial score (nSPS) is 15.5. The molecule has 0 radical (unpaired) electrons. The van der Waals surface area contributed by atoms with Gasteiger partial charge in [-0.15, -0.1) is 16.4 Å². The number of alkyl halides is 3. The molecule has 0 aliphatic carbocycles. The predicted octanol–water partition coefficient (Wildman–Crippen LogP) is 6.54. The molecule has 0 spiro atoms. The quantitative estimate of drug-likeness (QED) is 0.291. The molecule has 5 nitrogen and oxygen atoms in total. The van der Waals surface area contributed by atoms with Crippen LogP contribution in [0.5, 0.6) is 0 Å². The van der Waals surface area contributed by atoms with Crippen LogP contribution in [0, 0.1) is 4.84 Å². The number of fused-ring (bicyclic) bond motifs is 1. The van der Waals surface area contributed by atoms with Crippen LogP contribution in [-0.4, -0.2) is 40.9 Å². The molecular weight excluding hydrogens is 493 g/mol. The second-order valence-electron chi connectivity index (χ2n) is 7.71. The molecule has 1 fully saturated rings. The van der Waals surface area contributed by atoms with Crippen molar-refractivity contribution in [2.75, 3.05) is 31.1 Å². The van der Waals surface area contributed by atoms with Crippen molar-refractivity contribution in [3.05, 3.63) is 64.0 Å². The number of thiophene rings is 1. The molecule has 2 aromatic heterocycles. The van der Waals surface area contributed by atoms with Crippen LogP contribution in [0.25, 0.3) is 20.9 Å². The number of hydrogen-bond donors (Lipinski definition) is 0. The fourth-order valence-corrected chi connectivity index (χ4v) is 5.47. The molecule has 1 aliphatic rings. The Balaban J connectivity index is 1.28. The van der Waals surface area contributed by atoms with E-state index in [1.165, 1.54) is 23.5 Å². The number of anilines is 1. The zero-order valence-corrected chi connectivity index (χ0v) is 19.6. The molecule has 0 saturated carbocycles. The number of hydrogen-bond acceptors (Lipinski definition) is 6. The highest BCUT2D eigenvalue weighted by molar-refractivity contribution is 7.71. The number of aromatic nitrogens is 2. The van der Waals surface area contributed by atoms with Crippen molar-refractivity contribution >= 4 is 50.9 Å². The minimum atomic E-state index is -4.35. The lowest BCUT2D eigenvalue weighted by atomic mass is 10.1. The summed E-state index contributed by atoms with van der Waals surface area (Å²) in [4.78, 5) is 5.07. The van der Waals surface area contributed by atoms with E-state index in [2.05, 4.69) is 10.00 Å². The lowest BCUT2D eigenvalue weighted by Gasteiger charge is -2.36. The molecule has 33 heavy (non-hydrogen) atoms. The summed E-state index contributed by atoms with van der Waals surface area (Å²) in [7, 11) is 0. The maximum Gasteiger partial charge on any atom is 0.416 e. The largest absolute Gasteiger partial charge is 0.416 e. The van der Waals surface area contributed by atoms with Gasteiger partial charge in [-0.05, 0) is 36.5 Å². The lowest BCUT2D eigenvalue weighted by Crippen LogP contribution is -2.47. The van der Waals surface area contributed by atoms with E-state index in [4.69, 9.17) is 28.2 Å². The van der Waals surface area contributed by atoms with Crippen LogP contribution in [-0.2, 0) is 12.8 Å². The molecule has 0 N–H and O–H groups in total. The fraction of sp³-hybridized carbons (Fsp3) is 0.273. The third kappa shape index (κ3) is 4.52. The summed E-state index contributed by atoms with van der Waals surface area (Å²) in [5.74, 6) is 0.383. The summed E-state index contributed by atoms with van der Waals surface area (Å²) in [5.41, 5.74) is -0.0621. The van der Waals surface area contributed by atoms with Crippen LogP contribution in [0.15, 0.2) is 52.9 Å². The van der Waals surface area contributed by atoms with Crippen LogP contribution in [0.2, 0.25) is 5.02 Å². The van der Waals surface area contributed by atoms with Crippen LogP contribution in [0.4, 0.5) is 18.9 Å². The van der Waals surface area contributed by atoms with Gasteiger partial charge in [0.15, 0.2) is 0 Å². The molecule has 1 aliphatic heterocycles. The van der Waals surface area contributed by atoms with Gasteiger partial charge >= 0.3 is 6.18 Å². The Bertz CT molecular complexity index is 1360. The molecule has 0 unspecified atom stereocenters. The average Bonchev–Trinajstić information content (AvgIpc) is 3.33. The topological polar surface area (TPSA) is 37.4 Å². The second-order valence-corrected chi connectivity index (χ2v) is 9.49. The minimum Gasteiger partial charge on any atom is -0.408 e. The third-order valence-electron chi connectivity index (χ3n) is 5.58. The van der Waals surface area contributed by atoms with E-state index in [9.17, 15) is 13.2 Å². The number of piperazine rings is 1. The van der Waals surface area contributed by atoms with E-state index in [1.807, 2.05) is 29.2 Å². The SMILES string of the molecule is FC(F)(F)c1cccc(N2CCN(Cn3nc(-c4sc5ccccc5c4Cl)oc3=S)CC2)c1. The van der Waals surface area contributed by atoms with E-state index < -0.39 is 11.7 Å². The summed E-state index contributed by atoms with van der Waals surface area (Å²) >= 11 is 13.4. The number of nitrogens with zero attached hydrogens (tertiary/aromatic N) is 4. The number of benzene rings is 2.